The number of sulfone groups is 1. The maximum Gasteiger partial charge on any atom is 0.238 e. The standard InChI is InChI=1S/C18H18ClFN2O3S/c19-14-1-7-17(8-2-14)26(24,25)13-18(23)22-11-9-21(10-12-22)16-5-3-15(20)4-6-16/h1-8H,9-13H2. The molecule has 0 spiro atoms. The molecule has 8 heteroatoms. The highest BCUT2D eigenvalue weighted by atomic mass is 35.5. The third-order valence-electron chi connectivity index (χ3n) is 4.31. The third kappa shape index (κ3) is 4.34. The van der Waals surface area contributed by atoms with Crippen LogP contribution in [0.2, 0.25) is 5.02 Å². The van der Waals surface area contributed by atoms with Crippen LogP contribution < -0.4 is 4.90 Å². The minimum atomic E-state index is -3.70. The minimum absolute atomic E-state index is 0.0835. The Hall–Kier alpha value is -2.12. The topological polar surface area (TPSA) is 57.7 Å². The van der Waals surface area contributed by atoms with Crippen LogP contribution in [0.3, 0.4) is 0 Å². The fourth-order valence-corrected chi connectivity index (χ4v) is 4.20. The number of hydrogen-bond donors (Lipinski definition) is 0. The van der Waals surface area contributed by atoms with Gasteiger partial charge in [-0.15, -0.1) is 0 Å². The first-order chi connectivity index (χ1) is 12.3. The van der Waals surface area contributed by atoms with Crippen molar-refractivity contribution >= 4 is 33.0 Å². The van der Waals surface area contributed by atoms with E-state index in [1.54, 1.807) is 17.0 Å². The fraction of sp³-hybridized carbons (Fsp3) is 0.278. The van der Waals surface area contributed by atoms with Crippen LogP contribution in [0.15, 0.2) is 53.4 Å². The van der Waals surface area contributed by atoms with Gasteiger partial charge in [-0.3, -0.25) is 4.79 Å². The summed E-state index contributed by atoms with van der Waals surface area (Å²) in [6.45, 7) is 1.98. The Labute approximate surface area is 156 Å². The molecule has 0 atom stereocenters. The van der Waals surface area contributed by atoms with Crippen LogP contribution in [0.4, 0.5) is 10.1 Å². The van der Waals surface area contributed by atoms with Crippen LogP contribution in [0, 0.1) is 5.82 Å². The average Bonchev–Trinajstić information content (AvgIpc) is 2.62. The summed E-state index contributed by atoms with van der Waals surface area (Å²) < 4.78 is 37.8. The van der Waals surface area contributed by atoms with Crippen molar-refractivity contribution in [1.29, 1.82) is 0 Å². The highest BCUT2D eigenvalue weighted by molar-refractivity contribution is 7.92. The van der Waals surface area contributed by atoms with Gasteiger partial charge in [0.25, 0.3) is 0 Å². The number of carbonyl (C=O) groups excluding carboxylic acids is 1. The zero-order valence-corrected chi connectivity index (χ0v) is 15.5. The Kier molecular flexibility index (Phi) is 5.48. The molecule has 0 saturated carbocycles. The first kappa shape index (κ1) is 18.7. The van der Waals surface area contributed by atoms with Crippen LogP contribution in [0.25, 0.3) is 0 Å². The molecule has 5 nitrogen and oxygen atoms in total. The van der Waals surface area contributed by atoms with E-state index in [4.69, 9.17) is 11.6 Å². The Morgan fingerprint density at radius 1 is 0.962 bits per heavy atom. The monoisotopic (exact) mass is 396 g/mol. The van der Waals surface area contributed by atoms with Crippen molar-refractivity contribution in [3.63, 3.8) is 0 Å². The molecule has 0 aliphatic carbocycles. The molecule has 26 heavy (non-hydrogen) atoms. The van der Waals surface area contributed by atoms with Gasteiger partial charge in [-0.05, 0) is 48.5 Å². The minimum Gasteiger partial charge on any atom is -0.368 e. The van der Waals surface area contributed by atoms with E-state index in [9.17, 15) is 17.6 Å². The molecule has 1 heterocycles. The van der Waals surface area contributed by atoms with Crippen molar-refractivity contribution in [2.75, 3.05) is 36.8 Å². The molecule has 1 aliphatic rings. The van der Waals surface area contributed by atoms with Gasteiger partial charge in [0.2, 0.25) is 5.91 Å². The lowest BCUT2D eigenvalue weighted by atomic mass is 10.2. The van der Waals surface area contributed by atoms with E-state index in [-0.39, 0.29) is 10.7 Å². The number of piperazine rings is 1. The zero-order chi connectivity index (χ0) is 18.7. The molecular weight excluding hydrogens is 379 g/mol. The molecule has 0 N–H and O–H groups in total. The molecule has 0 unspecified atom stereocenters. The third-order valence-corrected chi connectivity index (χ3v) is 6.18. The first-order valence-corrected chi connectivity index (χ1v) is 10.1. The number of anilines is 1. The van der Waals surface area contributed by atoms with Crippen molar-refractivity contribution < 1.29 is 17.6 Å². The molecule has 1 amide bonds. The van der Waals surface area contributed by atoms with Crippen LogP contribution in [0.5, 0.6) is 0 Å². The van der Waals surface area contributed by atoms with Gasteiger partial charge in [0, 0.05) is 36.9 Å². The lowest BCUT2D eigenvalue weighted by molar-refractivity contribution is -0.128. The molecule has 2 aromatic carbocycles. The normalized spacial score (nSPS) is 15.2. The first-order valence-electron chi connectivity index (χ1n) is 8.12. The Morgan fingerprint density at radius 2 is 1.54 bits per heavy atom. The molecule has 1 saturated heterocycles. The van der Waals surface area contributed by atoms with Gasteiger partial charge >= 0.3 is 0 Å². The molecule has 1 fully saturated rings. The van der Waals surface area contributed by atoms with Crippen molar-refractivity contribution in [3.05, 3.63) is 59.4 Å². The zero-order valence-electron chi connectivity index (χ0n) is 13.9. The maximum absolute atomic E-state index is 13.0. The molecular formula is C18H18ClFN2O3S. The van der Waals surface area contributed by atoms with Gasteiger partial charge in [-0.1, -0.05) is 11.6 Å². The molecule has 1 aliphatic heterocycles. The van der Waals surface area contributed by atoms with E-state index < -0.39 is 21.5 Å². The molecule has 0 radical (unpaired) electrons. The Balaban J connectivity index is 1.59. The predicted octanol–water partition coefficient (Wildman–Crippen LogP) is 2.60. The highest BCUT2D eigenvalue weighted by Gasteiger charge is 2.26. The van der Waals surface area contributed by atoms with Crippen LogP contribution >= 0.6 is 11.6 Å². The van der Waals surface area contributed by atoms with Crippen molar-refractivity contribution in [3.8, 4) is 0 Å². The van der Waals surface area contributed by atoms with Gasteiger partial charge in [0.05, 0.1) is 4.90 Å². The highest BCUT2D eigenvalue weighted by Crippen LogP contribution is 2.19. The second kappa shape index (κ2) is 7.63. The quantitative estimate of drug-likeness (QED) is 0.797. The van der Waals surface area contributed by atoms with Crippen LogP contribution in [0.1, 0.15) is 0 Å². The summed E-state index contributed by atoms with van der Waals surface area (Å²) in [5.74, 6) is -1.28. The Bertz CT molecular complexity index is 878. The fourth-order valence-electron chi connectivity index (χ4n) is 2.85. The summed E-state index contributed by atoms with van der Waals surface area (Å²) in [5.41, 5.74) is 0.882. The summed E-state index contributed by atoms with van der Waals surface area (Å²) in [4.78, 5) is 16.1. The number of hydrogen-bond acceptors (Lipinski definition) is 4. The number of carbonyl (C=O) groups is 1. The van der Waals surface area contributed by atoms with Gasteiger partial charge < -0.3 is 9.80 Å². The van der Waals surface area contributed by atoms with Gasteiger partial charge in [0.1, 0.15) is 11.6 Å². The van der Waals surface area contributed by atoms with Crippen molar-refractivity contribution in [2.24, 2.45) is 0 Å². The van der Waals surface area contributed by atoms with Gasteiger partial charge in [0.15, 0.2) is 9.84 Å². The molecule has 2 aromatic rings. The second-order valence-electron chi connectivity index (χ2n) is 6.06. The van der Waals surface area contributed by atoms with E-state index in [1.807, 2.05) is 4.90 Å². The summed E-state index contributed by atoms with van der Waals surface area (Å²) in [7, 11) is -3.70. The van der Waals surface area contributed by atoms with Crippen molar-refractivity contribution in [1.82, 2.24) is 4.90 Å². The van der Waals surface area contributed by atoms with Crippen LogP contribution in [-0.2, 0) is 14.6 Å². The largest absolute Gasteiger partial charge is 0.368 e. The summed E-state index contributed by atoms with van der Waals surface area (Å²) in [5, 5.41) is 0.437. The van der Waals surface area contributed by atoms with E-state index in [1.165, 1.54) is 36.4 Å². The number of benzene rings is 2. The van der Waals surface area contributed by atoms with E-state index in [2.05, 4.69) is 0 Å². The van der Waals surface area contributed by atoms with E-state index in [0.717, 1.165) is 5.69 Å². The predicted molar refractivity (Wildman–Crippen MR) is 98.7 cm³/mol. The van der Waals surface area contributed by atoms with Crippen molar-refractivity contribution in [2.45, 2.75) is 4.90 Å². The molecule has 0 aromatic heterocycles. The second-order valence-corrected chi connectivity index (χ2v) is 8.48. The van der Waals surface area contributed by atoms with Gasteiger partial charge in [-0.2, -0.15) is 0 Å². The van der Waals surface area contributed by atoms with E-state index in [0.29, 0.717) is 31.2 Å². The number of halogens is 2. The van der Waals surface area contributed by atoms with E-state index >= 15 is 0 Å². The smallest absolute Gasteiger partial charge is 0.238 e. The number of nitrogens with zero attached hydrogens (tertiary/aromatic N) is 2. The molecule has 0 bridgehead atoms. The molecule has 138 valence electrons. The maximum atomic E-state index is 13.0. The number of rotatable bonds is 4. The Morgan fingerprint density at radius 3 is 2.12 bits per heavy atom. The lowest BCUT2D eigenvalue weighted by Gasteiger charge is -2.36. The summed E-state index contributed by atoms with van der Waals surface area (Å²) in [6.07, 6.45) is 0. The SMILES string of the molecule is O=C(CS(=O)(=O)c1ccc(Cl)cc1)N1CCN(c2ccc(F)cc2)CC1. The lowest BCUT2D eigenvalue weighted by Crippen LogP contribution is -2.50. The summed E-state index contributed by atoms with van der Waals surface area (Å²) in [6, 6.07) is 11.9. The van der Waals surface area contributed by atoms with Gasteiger partial charge in [-0.25, -0.2) is 12.8 Å². The van der Waals surface area contributed by atoms with Crippen LogP contribution in [-0.4, -0.2) is 51.2 Å². The number of amides is 1. The molecule has 3 rings (SSSR count). The summed E-state index contributed by atoms with van der Waals surface area (Å²) >= 11 is 5.77. The average molecular weight is 397 g/mol.